The molecule has 1 aliphatic rings. The lowest BCUT2D eigenvalue weighted by molar-refractivity contribution is 0.194. The van der Waals surface area contributed by atoms with Gasteiger partial charge in [0.15, 0.2) is 0 Å². The van der Waals surface area contributed by atoms with E-state index in [1.54, 1.807) is 0 Å². The van der Waals surface area contributed by atoms with Gasteiger partial charge in [-0.15, -0.1) is 0 Å². The number of nitrogens with two attached hydrogens (primary N) is 1. The molecule has 0 radical (unpaired) electrons. The maximum Gasteiger partial charge on any atom is 0.124 e. The first-order chi connectivity index (χ1) is 10.2. The summed E-state index contributed by atoms with van der Waals surface area (Å²) in [5.74, 6) is 0.987. The summed E-state index contributed by atoms with van der Waals surface area (Å²) in [4.78, 5) is 2.56. The number of rotatable bonds is 7. The minimum Gasteiger partial charge on any atom is -0.494 e. The molecule has 0 amide bonds. The Morgan fingerprint density at radius 1 is 1.24 bits per heavy atom. The zero-order chi connectivity index (χ0) is 15.3. The molecule has 3 nitrogen and oxygen atoms in total. The lowest BCUT2D eigenvalue weighted by Gasteiger charge is -2.31. The third kappa shape index (κ3) is 3.41. The van der Waals surface area contributed by atoms with Gasteiger partial charge in [0.1, 0.15) is 5.75 Å². The molecule has 1 heterocycles. The second kappa shape index (κ2) is 7.28. The van der Waals surface area contributed by atoms with Crippen molar-refractivity contribution >= 4 is 0 Å². The number of nitrogens with zero attached hydrogens (tertiary/aromatic N) is 1. The van der Waals surface area contributed by atoms with Crippen LogP contribution in [0.2, 0.25) is 0 Å². The van der Waals surface area contributed by atoms with Crippen LogP contribution in [-0.2, 0) is 0 Å². The predicted molar refractivity (Wildman–Crippen MR) is 88.6 cm³/mol. The van der Waals surface area contributed by atoms with Crippen LogP contribution in [-0.4, -0.2) is 31.1 Å². The fraction of sp³-hybridized carbons (Fsp3) is 0.667. The molecule has 1 aromatic rings. The van der Waals surface area contributed by atoms with Gasteiger partial charge >= 0.3 is 0 Å². The molecule has 2 rings (SSSR count). The number of hydrogen-bond acceptors (Lipinski definition) is 3. The summed E-state index contributed by atoms with van der Waals surface area (Å²) < 4.78 is 5.80. The SMILES string of the molecule is CCOc1ccccc1C(CN)N1CCC(CC)(CC)C1. The van der Waals surface area contributed by atoms with Gasteiger partial charge in [0.25, 0.3) is 0 Å². The van der Waals surface area contributed by atoms with Crippen LogP contribution >= 0.6 is 0 Å². The largest absolute Gasteiger partial charge is 0.494 e. The molecule has 0 aromatic heterocycles. The summed E-state index contributed by atoms with van der Waals surface area (Å²) in [7, 11) is 0. The fourth-order valence-electron chi connectivity index (χ4n) is 3.58. The molecule has 1 unspecified atom stereocenters. The molecule has 1 atom stereocenters. The van der Waals surface area contributed by atoms with Crippen molar-refractivity contribution in [1.29, 1.82) is 0 Å². The van der Waals surface area contributed by atoms with E-state index in [0.29, 0.717) is 18.6 Å². The molecular formula is C18H30N2O. The van der Waals surface area contributed by atoms with E-state index >= 15 is 0 Å². The molecule has 1 aliphatic heterocycles. The molecular weight excluding hydrogens is 260 g/mol. The average Bonchev–Trinajstić information content (AvgIpc) is 2.95. The van der Waals surface area contributed by atoms with E-state index in [2.05, 4.69) is 36.9 Å². The minimum absolute atomic E-state index is 0.271. The summed E-state index contributed by atoms with van der Waals surface area (Å²) in [6.45, 7) is 10.3. The summed E-state index contributed by atoms with van der Waals surface area (Å²) in [5, 5.41) is 0. The molecule has 0 bridgehead atoms. The minimum atomic E-state index is 0.271. The van der Waals surface area contributed by atoms with E-state index in [9.17, 15) is 0 Å². The lowest BCUT2D eigenvalue weighted by Crippen LogP contribution is -2.34. The first kappa shape index (κ1) is 16.3. The number of hydrogen-bond donors (Lipinski definition) is 1. The summed E-state index contributed by atoms with van der Waals surface area (Å²) in [6.07, 6.45) is 3.79. The van der Waals surface area contributed by atoms with E-state index in [1.165, 1.54) is 24.8 Å². The van der Waals surface area contributed by atoms with Crippen molar-refractivity contribution in [3.63, 3.8) is 0 Å². The first-order valence-corrected chi connectivity index (χ1v) is 8.35. The summed E-state index contributed by atoms with van der Waals surface area (Å²) >= 11 is 0. The third-order valence-corrected chi connectivity index (χ3v) is 5.21. The normalized spacial score (nSPS) is 19.6. The number of benzene rings is 1. The van der Waals surface area contributed by atoms with Gasteiger partial charge in [0, 0.05) is 18.7 Å². The van der Waals surface area contributed by atoms with Crippen LogP contribution in [0.5, 0.6) is 5.75 Å². The molecule has 1 fully saturated rings. The van der Waals surface area contributed by atoms with Crippen molar-refractivity contribution in [3.05, 3.63) is 29.8 Å². The Kier molecular flexibility index (Phi) is 5.65. The zero-order valence-corrected chi connectivity index (χ0v) is 13.8. The van der Waals surface area contributed by atoms with E-state index in [0.717, 1.165) is 18.8 Å². The van der Waals surface area contributed by atoms with Crippen LogP contribution in [0.1, 0.15) is 51.6 Å². The Labute approximate surface area is 129 Å². The van der Waals surface area contributed by atoms with E-state index < -0.39 is 0 Å². The Hall–Kier alpha value is -1.06. The molecule has 1 aromatic carbocycles. The third-order valence-electron chi connectivity index (χ3n) is 5.21. The van der Waals surface area contributed by atoms with Crippen LogP contribution in [0.3, 0.4) is 0 Å². The first-order valence-electron chi connectivity index (χ1n) is 8.35. The highest BCUT2D eigenvalue weighted by Gasteiger charge is 2.38. The highest BCUT2D eigenvalue weighted by Crippen LogP contribution is 2.41. The summed E-state index contributed by atoms with van der Waals surface area (Å²) in [6, 6.07) is 8.62. The average molecular weight is 290 g/mol. The van der Waals surface area contributed by atoms with Gasteiger partial charge < -0.3 is 10.5 Å². The molecule has 0 saturated carbocycles. The van der Waals surface area contributed by atoms with Gasteiger partial charge in [-0.1, -0.05) is 32.0 Å². The van der Waals surface area contributed by atoms with Crippen molar-refractivity contribution in [2.75, 3.05) is 26.2 Å². The smallest absolute Gasteiger partial charge is 0.124 e. The molecule has 0 spiro atoms. The Morgan fingerprint density at radius 2 is 1.95 bits per heavy atom. The van der Waals surface area contributed by atoms with Crippen molar-refractivity contribution in [2.24, 2.45) is 11.1 Å². The van der Waals surface area contributed by atoms with Gasteiger partial charge in [-0.3, -0.25) is 4.90 Å². The predicted octanol–water partition coefficient (Wildman–Crippen LogP) is 3.60. The number of para-hydroxylation sites is 1. The molecule has 21 heavy (non-hydrogen) atoms. The molecule has 1 saturated heterocycles. The van der Waals surface area contributed by atoms with Gasteiger partial charge in [-0.25, -0.2) is 0 Å². The molecule has 0 aliphatic carbocycles. The van der Waals surface area contributed by atoms with Gasteiger partial charge in [-0.2, -0.15) is 0 Å². The molecule has 118 valence electrons. The molecule has 3 heteroatoms. The van der Waals surface area contributed by atoms with Crippen molar-refractivity contribution < 1.29 is 4.74 Å². The van der Waals surface area contributed by atoms with E-state index in [4.69, 9.17) is 10.5 Å². The number of ether oxygens (including phenoxy) is 1. The highest BCUT2D eigenvalue weighted by atomic mass is 16.5. The lowest BCUT2D eigenvalue weighted by atomic mass is 9.82. The molecule has 2 N–H and O–H groups in total. The van der Waals surface area contributed by atoms with Crippen molar-refractivity contribution in [1.82, 2.24) is 4.90 Å². The zero-order valence-electron chi connectivity index (χ0n) is 13.8. The number of likely N-dealkylation sites (tertiary alicyclic amines) is 1. The maximum absolute atomic E-state index is 6.12. The Morgan fingerprint density at radius 3 is 2.52 bits per heavy atom. The Bertz CT molecular complexity index is 443. The Balaban J connectivity index is 2.21. The van der Waals surface area contributed by atoms with Crippen LogP contribution in [0, 0.1) is 5.41 Å². The van der Waals surface area contributed by atoms with Gasteiger partial charge in [-0.05, 0) is 44.2 Å². The summed E-state index contributed by atoms with van der Waals surface area (Å²) in [5.41, 5.74) is 7.84. The van der Waals surface area contributed by atoms with E-state index in [1.807, 2.05) is 13.0 Å². The van der Waals surface area contributed by atoms with Crippen LogP contribution in [0.15, 0.2) is 24.3 Å². The van der Waals surface area contributed by atoms with Gasteiger partial charge in [0.2, 0.25) is 0 Å². The van der Waals surface area contributed by atoms with Gasteiger partial charge in [0.05, 0.1) is 12.6 Å². The monoisotopic (exact) mass is 290 g/mol. The standard InChI is InChI=1S/C18H30N2O/c1-4-18(5-2)11-12-20(14-18)16(13-19)15-9-7-8-10-17(15)21-6-3/h7-10,16H,4-6,11-14,19H2,1-3H3. The second-order valence-electron chi connectivity index (χ2n) is 6.15. The van der Waals surface area contributed by atoms with E-state index in [-0.39, 0.29) is 6.04 Å². The quantitative estimate of drug-likeness (QED) is 0.834. The fourth-order valence-corrected chi connectivity index (χ4v) is 3.58. The van der Waals surface area contributed by atoms with Crippen LogP contribution in [0.4, 0.5) is 0 Å². The van der Waals surface area contributed by atoms with Crippen molar-refractivity contribution in [2.45, 2.75) is 46.1 Å². The topological polar surface area (TPSA) is 38.5 Å². The maximum atomic E-state index is 6.12. The van der Waals surface area contributed by atoms with Crippen LogP contribution < -0.4 is 10.5 Å². The second-order valence-corrected chi connectivity index (χ2v) is 6.15. The highest BCUT2D eigenvalue weighted by molar-refractivity contribution is 5.36. The van der Waals surface area contributed by atoms with Crippen LogP contribution in [0.25, 0.3) is 0 Å². The van der Waals surface area contributed by atoms with Crippen molar-refractivity contribution in [3.8, 4) is 5.75 Å².